The monoisotopic (exact) mass is 768 g/mol. The van der Waals surface area contributed by atoms with Crippen molar-refractivity contribution in [2.24, 2.45) is 0 Å². The van der Waals surface area contributed by atoms with Crippen LogP contribution in [0.2, 0.25) is 33.9 Å². The highest BCUT2D eigenvalue weighted by molar-refractivity contribution is 3.67. The van der Waals surface area contributed by atoms with Crippen LogP contribution in [0, 0.1) is 252 Å². The molecule has 0 spiro atoms. The molecule has 0 aliphatic carbocycles. The van der Waals surface area contributed by atoms with E-state index in [9.17, 15) is 0 Å². The van der Waals surface area contributed by atoms with Crippen molar-refractivity contribution in [2.45, 2.75) is 0 Å². The quantitative estimate of drug-likeness (QED) is 0.104. The predicted molar refractivity (Wildman–Crippen MR) is 146 cm³/mol. The average Bonchev–Trinajstić information content (AvgIpc) is 3.25. The van der Waals surface area contributed by atoms with Gasteiger partial charge in [0.05, 0.1) is 0 Å². The van der Waals surface area contributed by atoms with Gasteiger partial charge in [-0.2, -0.15) is 118 Å². The molecule has 48 nitrogen and oxygen atoms in total. The van der Waals surface area contributed by atoms with Crippen LogP contribution < -0.4 is 0 Å². The first kappa shape index (κ1) is 36.4. The topological polar surface area (TPSA) is 982 Å². The van der Waals surface area contributed by atoms with Gasteiger partial charge < -0.3 is 0 Å². The minimum atomic E-state index is 1.50. The second kappa shape index (κ2) is 538. The van der Waals surface area contributed by atoms with E-state index in [-0.39, 0.29) is 0 Å². The van der Waals surface area contributed by atoms with Gasteiger partial charge in [-0.25, -0.2) is 0 Å². The zero-order chi connectivity index (χ0) is 65.0. The molecule has 0 aliphatic heterocycles. The van der Waals surface area contributed by atoms with Crippen LogP contribution in [0.4, 0.5) is 0 Å². The average molecular weight is 768 g/mol. The van der Waals surface area contributed by atoms with E-state index in [0.29, 0.717) is 0 Å². The van der Waals surface area contributed by atoms with Gasteiger partial charge in [0.25, 0.3) is 0 Å². The van der Waals surface area contributed by atoms with Crippen molar-refractivity contribution in [3.8, 4) is 0 Å². The van der Waals surface area contributed by atoms with Crippen molar-refractivity contribution < 1.29 is 33.9 Å². The van der Waals surface area contributed by atoms with E-state index in [1.54, 1.807) is 0 Å². The molecule has 0 aromatic heterocycles. The van der Waals surface area contributed by atoms with Gasteiger partial charge in [-0.3, -0.25) is 0 Å². The number of rotatable bonds is 0. The normalized spacial score (nSPS) is 7.00. The Morgan fingerprint density at radius 3 is 0.125 bits per heavy atom. The van der Waals surface area contributed by atoms with Crippen molar-refractivity contribution in [2.75, 3.05) is 0 Å². The van der Waals surface area contributed by atoms with Crippen molar-refractivity contribution >= 4 is 0 Å². The maximum absolute atomic E-state index is 8.22. The molecular weight excluding hydrogens is 720 g/mol. The van der Waals surface area contributed by atoms with Gasteiger partial charge in [0.15, 0.2) is 0 Å². The molecule has 0 atom stereocenters. The fourth-order valence-corrected chi connectivity index (χ4v) is 0. The summed E-state index contributed by atoms with van der Waals surface area (Å²) in [5, 5.41) is 0. The molecule has 0 saturated carbocycles. The third-order valence-corrected chi connectivity index (χ3v) is 0. The Morgan fingerprint density at radius 1 is 0.125 bits per heavy atom. The van der Waals surface area contributed by atoms with Crippen molar-refractivity contribution in [1.82, 2.24) is 0 Å². The molecule has 0 saturated heterocycles. The van der Waals surface area contributed by atoms with Crippen molar-refractivity contribution in [3.63, 3.8) is 0 Å². The Kier molecular flexibility index (Phi) is 408. The predicted octanol–water partition coefficient (Wildman–Crippen LogP) is 7.96. The molecular formula is H24N24O24. The van der Waals surface area contributed by atoms with Gasteiger partial charge in [-0.1, -0.05) is 134 Å². The van der Waals surface area contributed by atoms with Crippen LogP contribution in [0.1, 0.15) is 0 Å². The minimum Gasteiger partial charge on any atom is -0.154 e. The number of nitrogens with one attached hydrogen (secondary N) is 24. The second-order valence-corrected chi connectivity index (χ2v) is 0. The Bertz CT molecular complexity index is 624. The third-order valence-electron chi connectivity index (χ3n) is 0. The van der Waals surface area contributed by atoms with Gasteiger partial charge in [0.2, 0.25) is 33.9 Å². The van der Waals surface area contributed by atoms with Gasteiger partial charge in [-0.05, 0) is 0 Å². The Balaban J connectivity index is -0.0000000152. The first-order chi connectivity index (χ1) is 33.9. The fourth-order valence-electron chi connectivity index (χ4n) is 0. The van der Waals surface area contributed by atoms with Gasteiger partial charge >= 0.3 is 0 Å². The molecule has 0 fully saturated rings. The highest BCUT2D eigenvalue weighted by Crippen LogP contribution is 0.812. The molecule has 0 amide bonds. The molecule has 0 heterocycles. The van der Waals surface area contributed by atoms with Crippen LogP contribution in [-0.2, 0) is 0 Å². The molecule has 0 radical (unpaired) electrons. The second-order valence-electron chi connectivity index (χ2n) is 0. The summed E-state index contributed by atoms with van der Waals surface area (Å²) >= 11 is 0. The van der Waals surface area contributed by atoms with E-state index in [0.717, 1.165) is 0 Å². The maximum atomic E-state index is 8.22. The van der Waals surface area contributed by atoms with Crippen LogP contribution >= 0.6 is 0 Å². The third kappa shape index (κ3) is 495. The zero-order valence-electron chi connectivity index (χ0n) is 44.5. The summed E-state index contributed by atoms with van der Waals surface area (Å²) in [6.07, 6.45) is 0. The summed E-state index contributed by atoms with van der Waals surface area (Å²) < 4.78 is 127. The fraction of sp³-hybridized carbons (Fsp3) is 0. The largest absolute Gasteiger partial charge is 0.239 e. The molecule has 24 N–H and O–H groups in total. The van der Waals surface area contributed by atoms with E-state index in [2.05, 4.69) is 0 Å². The lowest BCUT2D eigenvalue weighted by atomic mass is 13.8. The highest BCUT2D eigenvalue weighted by Gasteiger charge is 0.634. The lowest BCUT2D eigenvalue weighted by molar-refractivity contribution is 1.49. The van der Waals surface area contributed by atoms with Gasteiger partial charge in [0, 0.05) is 0 Å². The van der Waals surface area contributed by atoms with E-state index in [4.69, 9.17) is 152 Å². The molecule has 48 heavy (non-hydrogen) atoms. The number of hydrogen-bond acceptors (Lipinski definition) is 48. The molecule has 0 unspecified atom stereocenters. The van der Waals surface area contributed by atoms with E-state index < -0.39 is 0 Å². The van der Waals surface area contributed by atoms with Crippen LogP contribution in [-0.4, -0.2) is 0 Å². The number of nitroso groups, excluding NO2 is 24. The van der Waals surface area contributed by atoms with Crippen LogP contribution in [0.25, 0.3) is 0 Å². The Labute approximate surface area is 288 Å². The van der Waals surface area contributed by atoms with E-state index >= 15 is 0 Å². The lowest BCUT2D eigenvalue weighted by Gasteiger charge is -0.827. The van der Waals surface area contributed by atoms with Crippen LogP contribution in [0.5, 0.6) is 0 Å². The summed E-state index contributed by atoms with van der Waals surface area (Å²) in [4.78, 5) is 197. The highest BCUT2D eigenvalue weighted by atomic mass is 16.3. The Hall–Kier alpha value is -9.60. The molecule has 0 bridgehead atoms. The van der Waals surface area contributed by atoms with Crippen LogP contribution in [0.15, 0.2) is 0 Å². The zero-order valence-corrected chi connectivity index (χ0v) is 20.5. The summed E-state index contributed by atoms with van der Waals surface area (Å²) in [6, 6.07) is 0. The maximum Gasteiger partial charge on any atom is 0.239 e. The molecule has 0 aromatic rings. The standard InChI is InChI=1S/24HNO/c24*1-2/h24*1H/i24*1D. The summed E-state index contributed by atoms with van der Waals surface area (Å²) in [5.41, 5.74) is 36.0. The summed E-state index contributed by atoms with van der Waals surface area (Å²) in [5.74, 6) is 0. The van der Waals surface area contributed by atoms with Crippen molar-refractivity contribution in [1.29, 1.82) is 134 Å². The molecule has 0 aromatic carbocycles. The first-order valence-electron chi connectivity index (χ1n) is 15.1. The smallest absolute Gasteiger partial charge is 0.154 e. The van der Waals surface area contributed by atoms with E-state index in [1.165, 1.54) is 134 Å². The molecule has 48 heteroatoms. The summed E-state index contributed by atoms with van der Waals surface area (Å²) in [6.45, 7) is 0. The molecule has 0 rings (SSSR count). The van der Waals surface area contributed by atoms with Crippen LogP contribution in [0.3, 0.4) is 0 Å². The van der Waals surface area contributed by atoms with Gasteiger partial charge in [-0.15, -0.1) is 0 Å². The molecule has 288 valence electrons. The molecule has 0 aliphatic rings. The van der Waals surface area contributed by atoms with Crippen molar-refractivity contribution in [3.05, 3.63) is 118 Å². The number of hydrogen-bond donors (Lipinski definition) is 24. The lowest BCUT2D eigenvalue weighted by Crippen LogP contribution is -0.649. The summed E-state index contributed by atoms with van der Waals surface area (Å²) in [7, 11) is 0. The Morgan fingerprint density at radius 2 is 0.125 bits per heavy atom. The van der Waals surface area contributed by atoms with Gasteiger partial charge in [0.1, 0.15) is 0 Å². The van der Waals surface area contributed by atoms with E-state index in [1.807, 2.05) is 0 Å². The minimum absolute atomic E-state index is 1.50. The first-order valence-corrected chi connectivity index (χ1v) is 4.38. The SMILES string of the molecule is [2H]N=O.[2H]N=O.[2H]N=O.[2H]N=O.[2H]N=O.[2H]N=O.[2H]N=O.[2H]N=O.[2H]N=O.[2H]N=O.[2H]N=O.[2H]N=O.[2H]N=O.[2H]N=O.[2H]N=O.[2H]N=O.[2H]N=O.[2H]N=O.[2H]N=O.[2H]N=O.[2H]N=O.[2H]N=O.[2H]N=O.[2H]N=O.